The molecule has 2 N–H and O–H groups in total. The van der Waals surface area contributed by atoms with E-state index in [0.717, 1.165) is 10.6 Å². The molecule has 0 fully saturated rings. The standard InChI is InChI=1S/C13H16FN3OS/c1-17-13(12(18-2)7-16-17)11(15)8-19-10-5-3-4-9(14)6-10/h3-7,11H,8,15H2,1-2H3. The van der Waals surface area contributed by atoms with Gasteiger partial charge in [-0.25, -0.2) is 4.39 Å². The molecule has 0 amide bonds. The average molecular weight is 281 g/mol. The van der Waals surface area contributed by atoms with Gasteiger partial charge in [-0.1, -0.05) is 6.07 Å². The third-order valence-corrected chi connectivity index (χ3v) is 3.86. The maximum atomic E-state index is 13.1. The van der Waals surface area contributed by atoms with Crippen LogP contribution in [-0.4, -0.2) is 22.6 Å². The van der Waals surface area contributed by atoms with Crippen LogP contribution in [0.3, 0.4) is 0 Å². The Bertz CT molecular complexity index is 559. The van der Waals surface area contributed by atoms with E-state index in [0.29, 0.717) is 11.5 Å². The van der Waals surface area contributed by atoms with E-state index < -0.39 is 0 Å². The van der Waals surface area contributed by atoms with Gasteiger partial charge in [0.05, 0.1) is 25.0 Å². The van der Waals surface area contributed by atoms with Crippen LogP contribution in [0.15, 0.2) is 35.4 Å². The van der Waals surface area contributed by atoms with Crippen LogP contribution < -0.4 is 10.5 Å². The number of aryl methyl sites for hydroxylation is 1. The van der Waals surface area contributed by atoms with E-state index in [-0.39, 0.29) is 11.9 Å². The summed E-state index contributed by atoms with van der Waals surface area (Å²) in [6.07, 6.45) is 1.64. The molecule has 1 aromatic carbocycles. The van der Waals surface area contributed by atoms with Gasteiger partial charge in [0.1, 0.15) is 5.82 Å². The van der Waals surface area contributed by atoms with E-state index in [1.165, 1.54) is 23.9 Å². The summed E-state index contributed by atoms with van der Waals surface area (Å²) >= 11 is 1.51. The molecule has 102 valence electrons. The first-order chi connectivity index (χ1) is 9.11. The third-order valence-electron chi connectivity index (χ3n) is 2.75. The van der Waals surface area contributed by atoms with Crippen LogP contribution in [0.25, 0.3) is 0 Å². The minimum atomic E-state index is -0.239. The molecule has 2 aromatic rings. The lowest BCUT2D eigenvalue weighted by Crippen LogP contribution is -2.17. The van der Waals surface area contributed by atoms with E-state index in [4.69, 9.17) is 10.5 Å². The van der Waals surface area contributed by atoms with Gasteiger partial charge < -0.3 is 10.5 Å². The van der Waals surface area contributed by atoms with Gasteiger partial charge in [0.25, 0.3) is 0 Å². The number of benzene rings is 1. The van der Waals surface area contributed by atoms with Crippen LogP contribution in [0.1, 0.15) is 11.7 Å². The number of methoxy groups -OCH3 is 1. The molecule has 0 aliphatic heterocycles. The molecule has 1 aromatic heterocycles. The number of nitrogens with zero attached hydrogens (tertiary/aromatic N) is 2. The van der Waals surface area contributed by atoms with Crippen LogP contribution in [0, 0.1) is 5.82 Å². The summed E-state index contributed by atoms with van der Waals surface area (Å²) in [5.74, 6) is 1.06. The molecule has 0 aliphatic carbocycles. The van der Waals surface area contributed by atoms with Crippen LogP contribution >= 0.6 is 11.8 Å². The fourth-order valence-electron chi connectivity index (χ4n) is 1.83. The zero-order valence-electron chi connectivity index (χ0n) is 10.8. The molecule has 0 saturated carbocycles. The lowest BCUT2D eigenvalue weighted by Gasteiger charge is -2.13. The fourth-order valence-corrected chi connectivity index (χ4v) is 2.73. The zero-order valence-corrected chi connectivity index (χ0v) is 11.7. The van der Waals surface area contributed by atoms with E-state index >= 15 is 0 Å². The lowest BCUT2D eigenvalue weighted by molar-refractivity contribution is 0.405. The van der Waals surface area contributed by atoms with Crippen LogP contribution in [0.2, 0.25) is 0 Å². The molecule has 6 heteroatoms. The monoisotopic (exact) mass is 281 g/mol. The Morgan fingerprint density at radius 1 is 1.53 bits per heavy atom. The Balaban J connectivity index is 2.05. The SMILES string of the molecule is COc1cnn(C)c1C(N)CSc1cccc(F)c1. The van der Waals surface area contributed by atoms with Gasteiger partial charge in [-0.05, 0) is 18.2 Å². The molecule has 0 radical (unpaired) electrons. The number of rotatable bonds is 5. The fraction of sp³-hybridized carbons (Fsp3) is 0.308. The maximum Gasteiger partial charge on any atom is 0.161 e. The molecule has 0 saturated heterocycles. The van der Waals surface area contributed by atoms with Gasteiger partial charge in [0.2, 0.25) is 0 Å². The summed E-state index contributed by atoms with van der Waals surface area (Å²) in [6.45, 7) is 0. The summed E-state index contributed by atoms with van der Waals surface area (Å²) in [5.41, 5.74) is 6.99. The molecule has 1 heterocycles. The summed E-state index contributed by atoms with van der Waals surface area (Å²) in [4.78, 5) is 0.858. The van der Waals surface area contributed by atoms with Crippen molar-refractivity contribution in [3.8, 4) is 5.75 Å². The smallest absolute Gasteiger partial charge is 0.161 e. The first-order valence-corrected chi connectivity index (χ1v) is 6.80. The predicted octanol–water partition coefficient (Wildman–Crippen LogP) is 2.36. The van der Waals surface area contributed by atoms with Gasteiger partial charge in [-0.2, -0.15) is 5.10 Å². The van der Waals surface area contributed by atoms with E-state index in [9.17, 15) is 4.39 Å². The molecule has 1 unspecified atom stereocenters. The molecule has 0 aliphatic rings. The minimum Gasteiger partial charge on any atom is -0.493 e. The first-order valence-electron chi connectivity index (χ1n) is 5.81. The van der Waals surface area contributed by atoms with E-state index in [1.54, 1.807) is 24.1 Å². The van der Waals surface area contributed by atoms with E-state index in [2.05, 4.69) is 5.10 Å². The number of nitrogens with two attached hydrogens (primary N) is 1. The van der Waals surface area contributed by atoms with Crippen LogP contribution in [0.5, 0.6) is 5.75 Å². The molecular formula is C13H16FN3OS. The van der Waals surface area contributed by atoms with Crippen molar-refractivity contribution in [3.05, 3.63) is 42.0 Å². The number of aromatic nitrogens is 2. The highest BCUT2D eigenvalue weighted by molar-refractivity contribution is 7.99. The lowest BCUT2D eigenvalue weighted by atomic mass is 10.2. The number of thioether (sulfide) groups is 1. The van der Waals surface area contributed by atoms with Gasteiger partial charge in [0.15, 0.2) is 5.75 Å². The minimum absolute atomic E-state index is 0.226. The summed E-state index contributed by atoms with van der Waals surface area (Å²) < 4.78 is 20.0. The summed E-state index contributed by atoms with van der Waals surface area (Å²) in [7, 11) is 3.41. The van der Waals surface area contributed by atoms with Crippen molar-refractivity contribution in [2.75, 3.05) is 12.9 Å². The van der Waals surface area contributed by atoms with Crippen molar-refractivity contribution in [1.82, 2.24) is 9.78 Å². The van der Waals surface area contributed by atoms with Gasteiger partial charge in [-0.15, -0.1) is 11.8 Å². The molecular weight excluding hydrogens is 265 g/mol. The van der Waals surface area contributed by atoms with Crippen molar-refractivity contribution in [3.63, 3.8) is 0 Å². The third kappa shape index (κ3) is 3.27. The van der Waals surface area contributed by atoms with Crippen molar-refractivity contribution in [1.29, 1.82) is 0 Å². The Hall–Kier alpha value is -1.53. The van der Waals surface area contributed by atoms with Crippen molar-refractivity contribution < 1.29 is 9.13 Å². The number of hydrogen-bond donors (Lipinski definition) is 1. The molecule has 2 rings (SSSR count). The van der Waals surface area contributed by atoms with Gasteiger partial charge in [0, 0.05) is 17.7 Å². The second kappa shape index (κ2) is 6.08. The van der Waals surface area contributed by atoms with E-state index in [1.807, 2.05) is 13.1 Å². The molecule has 4 nitrogen and oxygen atoms in total. The summed E-state index contributed by atoms with van der Waals surface area (Å²) in [6, 6.07) is 6.25. The van der Waals surface area contributed by atoms with Crippen LogP contribution in [0.4, 0.5) is 4.39 Å². The second-order valence-corrected chi connectivity index (χ2v) is 5.19. The highest BCUT2D eigenvalue weighted by Gasteiger charge is 2.17. The van der Waals surface area contributed by atoms with Crippen molar-refractivity contribution in [2.24, 2.45) is 12.8 Å². The van der Waals surface area contributed by atoms with Crippen LogP contribution in [-0.2, 0) is 7.05 Å². The second-order valence-electron chi connectivity index (χ2n) is 4.10. The van der Waals surface area contributed by atoms with Gasteiger partial charge in [-0.3, -0.25) is 4.68 Å². The largest absolute Gasteiger partial charge is 0.493 e. The Kier molecular flexibility index (Phi) is 4.44. The highest BCUT2D eigenvalue weighted by Crippen LogP contribution is 2.28. The topological polar surface area (TPSA) is 53.1 Å². The average Bonchev–Trinajstić information content (AvgIpc) is 2.77. The normalized spacial score (nSPS) is 12.4. The highest BCUT2D eigenvalue weighted by atomic mass is 32.2. The van der Waals surface area contributed by atoms with Gasteiger partial charge >= 0.3 is 0 Å². The zero-order chi connectivity index (χ0) is 13.8. The number of hydrogen-bond acceptors (Lipinski definition) is 4. The maximum absolute atomic E-state index is 13.1. The summed E-state index contributed by atoms with van der Waals surface area (Å²) in [5, 5.41) is 4.12. The molecule has 1 atom stereocenters. The quantitative estimate of drug-likeness (QED) is 0.855. The molecule has 0 bridgehead atoms. The Morgan fingerprint density at radius 3 is 3.00 bits per heavy atom. The van der Waals surface area contributed by atoms with Crippen molar-refractivity contribution >= 4 is 11.8 Å². The van der Waals surface area contributed by atoms with Crippen molar-refractivity contribution in [2.45, 2.75) is 10.9 Å². The molecule has 0 spiro atoms. The Labute approximate surface area is 115 Å². The predicted molar refractivity (Wildman–Crippen MR) is 73.8 cm³/mol. The Morgan fingerprint density at radius 2 is 2.32 bits per heavy atom. The number of halogens is 1. The molecule has 19 heavy (non-hydrogen) atoms. The first kappa shape index (κ1) is 13.9. The number of ether oxygens (including phenoxy) is 1.